The number of nitrogen functional groups attached to an aromatic ring is 1. The van der Waals surface area contributed by atoms with Gasteiger partial charge in [-0.05, 0) is 29.8 Å². The number of pyridine rings is 1. The number of ether oxygens (including phenoxy) is 2. The fourth-order valence-electron chi connectivity index (χ4n) is 5.19. The number of para-hydroxylation sites is 1. The molecule has 1 fully saturated rings. The summed E-state index contributed by atoms with van der Waals surface area (Å²) in [5.74, 6) is -1.65. The lowest BCUT2D eigenvalue weighted by Gasteiger charge is -2.40. The van der Waals surface area contributed by atoms with E-state index in [4.69, 9.17) is 19.7 Å². The molecule has 5 N–H and O–H groups in total. The Hall–Kier alpha value is -5.54. The lowest BCUT2D eigenvalue weighted by molar-refractivity contribution is -0.157. The summed E-state index contributed by atoms with van der Waals surface area (Å²) in [7, 11) is 1.40. The van der Waals surface area contributed by atoms with Gasteiger partial charge in [-0.3, -0.25) is 14.5 Å². The first-order valence-corrected chi connectivity index (χ1v) is 13.8. The first-order chi connectivity index (χ1) is 21.7. The number of anilines is 2. The number of phenolic OH excluding ortho intramolecular Hbond substituents is 1. The van der Waals surface area contributed by atoms with E-state index in [0.29, 0.717) is 16.5 Å². The third-order valence-electron chi connectivity index (χ3n) is 7.47. The second-order valence-corrected chi connectivity index (χ2v) is 10.4. The van der Waals surface area contributed by atoms with Gasteiger partial charge in [0.05, 0.1) is 44.0 Å². The lowest BCUT2D eigenvalue weighted by Crippen LogP contribution is -2.63. The predicted molar refractivity (Wildman–Crippen MR) is 157 cm³/mol. The summed E-state index contributed by atoms with van der Waals surface area (Å²) >= 11 is 0. The molecule has 2 aromatic carbocycles. The fraction of sp³-hybridized carbons (Fsp3) is 0.233. The highest BCUT2D eigenvalue weighted by Crippen LogP contribution is 2.30. The van der Waals surface area contributed by atoms with E-state index >= 15 is 0 Å². The number of nitrogens with zero attached hydrogens (tertiary/aromatic N) is 5. The van der Waals surface area contributed by atoms with Crippen molar-refractivity contribution in [1.82, 2.24) is 25.2 Å². The van der Waals surface area contributed by atoms with E-state index in [1.54, 1.807) is 30.3 Å². The fourth-order valence-corrected chi connectivity index (χ4v) is 5.19. The number of morpholine rings is 1. The zero-order valence-electron chi connectivity index (χ0n) is 23.9. The van der Waals surface area contributed by atoms with Gasteiger partial charge in [0.15, 0.2) is 29.1 Å². The van der Waals surface area contributed by atoms with Crippen LogP contribution in [-0.2, 0) is 16.0 Å². The first kappa shape index (κ1) is 29.5. The van der Waals surface area contributed by atoms with Gasteiger partial charge in [0.25, 0.3) is 11.8 Å². The first-order valence-electron chi connectivity index (χ1n) is 13.8. The van der Waals surface area contributed by atoms with E-state index in [1.165, 1.54) is 47.2 Å². The summed E-state index contributed by atoms with van der Waals surface area (Å²) < 4.78 is 32.0. The zero-order valence-corrected chi connectivity index (χ0v) is 23.9. The number of amides is 2. The van der Waals surface area contributed by atoms with Crippen LogP contribution < -0.4 is 20.7 Å². The van der Waals surface area contributed by atoms with Crippen molar-refractivity contribution in [3.63, 3.8) is 0 Å². The maximum Gasteiger partial charge on any atom is 0.260 e. The van der Waals surface area contributed by atoms with Crippen molar-refractivity contribution < 1.29 is 38.2 Å². The van der Waals surface area contributed by atoms with Crippen molar-refractivity contribution in [3.8, 4) is 17.3 Å². The molecule has 1 saturated heterocycles. The number of nitrogens with two attached hydrogens (primary N) is 1. The second kappa shape index (κ2) is 11.9. The van der Waals surface area contributed by atoms with Gasteiger partial charge in [0, 0.05) is 24.8 Å². The molecule has 14 nitrogen and oxygen atoms in total. The number of methoxy groups -OCH3 is 1. The number of fused-ring (bicyclic) bond motifs is 1. The van der Waals surface area contributed by atoms with Gasteiger partial charge >= 0.3 is 0 Å². The quantitative estimate of drug-likeness (QED) is 0.189. The highest BCUT2D eigenvalue weighted by molar-refractivity contribution is 5.98. The number of nitrogens with one attached hydrogen (secondary N) is 1. The van der Waals surface area contributed by atoms with Crippen molar-refractivity contribution in [2.45, 2.75) is 18.1 Å². The van der Waals surface area contributed by atoms with Gasteiger partial charge in [-0.15, -0.1) is 5.10 Å². The summed E-state index contributed by atoms with van der Waals surface area (Å²) in [6.07, 6.45) is 0.849. The summed E-state index contributed by atoms with van der Waals surface area (Å²) in [5.41, 5.74) is 4.79. The van der Waals surface area contributed by atoms with Crippen molar-refractivity contribution in [3.05, 3.63) is 83.9 Å². The van der Waals surface area contributed by atoms with E-state index in [1.807, 2.05) is 0 Å². The Morgan fingerprint density at radius 2 is 2.07 bits per heavy atom. The molecule has 1 unspecified atom stereocenters. The van der Waals surface area contributed by atoms with Gasteiger partial charge < -0.3 is 35.3 Å². The van der Waals surface area contributed by atoms with Crippen LogP contribution in [0.2, 0.25) is 0 Å². The summed E-state index contributed by atoms with van der Waals surface area (Å²) in [5, 5.41) is 33.6. The van der Waals surface area contributed by atoms with Gasteiger partial charge in [0.1, 0.15) is 17.0 Å². The summed E-state index contributed by atoms with van der Waals surface area (Å²) in [6.45, 7) is -0.316. The van der Waals surface area contributed by atoms with Gasteiger partial charge in [-0.25, -0.2) is 14.1 Å². The summed E-state index contributed by atoms with van der Waals surface area (Å²) in [4.78, 5) is 32.1. The maximum absolute atomic E-state index is 14.6. The minimum Gasteiger partial charge on any atom is -0.507 e. The van der Waals surface area contributed by atoms with Crippen LogP contribution in [0.3, 0.4) is 0 Å². The van der Waals surface area contributed by atoms with Gasteiger partial charge in [-0.2, -0.15) is 0 Å². The second-order valence-electron chi connectivity index (χ2n) is 10.4. The van der Waals surface area contributed by atoms with Crippen LogP contribution >= 0.6 is 0 Å². The molecule has 2 amide bonds. The number of aromatic hydroxyl groups is 1. The number of rotatable bonds is 9. The average molecular weight is 618 g/mol. The number of aromatic nitrogens is 4. The predicted octanol–water partition coefficient (Wildman–Crippen LogP) is 1.98. The largest absolute Gasteiger partial charge is 0.507 e. The topological polar surface area (TPSA) is 191 Å². The van der Waals surface area contributed by atoms with Crippen LogP contribution in [0, 0.1) is 5.82 Å². The van der Waals surface area contributed by atoms with Crippen LogP contribution in [0.15, 0.2) is 71.5 Å². The number of carbonyl (C=O) groups is 2. The molecule has 0 saturated carbocycles. The molecule has 4 heterocycles. The standard InChI is InChI=1S/C30H28FN7O7/c1-43-25-13-21(20(31)15-33-25)38-9-8-24(35-38)37-10-11-44-26(29(37)41)30(42,16-34-28(40)18-4-2-3-5-22(18)39)14-17-6-7-19-23(12-17)45-36-27(19)32/h2-9,12-13,15,26,39,42H,10-11,14,16H2,1H3,(H2,32,36)(H,34,40)/t26-,30?/m0/s1. The Balaban J connectivity index is 1.30. The smallest absolute Gasteiger partial charge is 0.260 e. The minimum absolute atomic E-state index is 0.0126. The van der Waals surface area contributed by atoms with Crippen LogP contribution in [0.5, 0.6) is 11.6 Å². The van der Waals surface area contributed by atoms with E-state index in [-0.39, 0.29) is 54.1 Å². The van der Waals surface area contributed by atoms with Crippen LogP contribution in [0.1, 0.15) is 15.9 Å². The van der Waals surface area contributed by atoms with E-state index in [9.17, 15) is 24.2 Å². The molecule has 6 rings (SSSR count). The van der Waals surface area contributed by atoms with E-state index in [0.717, 1.165) is 6.20 Å². The van der Waals surface area contributed by atoms with E-state index < -0.39 is 35.9 Å². The van der Waals surface area contributed by atoms with Gasteiger partial charge in [0.2, 0.25) is 5.88 Å². The van der Waals surface area contributed by atoms with Crippen LogP contribution in [-0.4, -0.2) is 80.5 Å². The molecule has 45 heavy (non-hydrogen) atoms. The van der Waals surface area contributed by atoms with Crippen LogP contribution in [0.4, 0.5) is 16.0 Å². The molecule has 0 spiro atoms. The number of halogens is 1. The molecule has 0 radical (unpaired) electrons. The van der Waals surface area contributed by atoms with Gasteiger partial charge in [-0.1, -0.05) is 23.4 Å². The highest BCUT2D eigenvalue weighted by Gasteiger charge is 2.47. The molecule has 3 aromatic heterocycles. The highest BCUT2D eigenvalue weighted by atomic mass is 19.1. The Morgan fingerprint density at radius 1 is 1.24 bits per heavy atom. The normalized spacial score (nSPS) is 16.5. The SMILES string of the molecule is COc1cc(-n2ccc(N3CCO[C@H](C(O)(CNC(=O)c4ccccc4O)Cc4ccc5c(N)noc5c4)C3=O)n2)c(F)cn1. The Labute approximate surface area is 254 Å². The third kappa shape index (κ3) is 5.73. The minimum atomic E-state index is -2.00. The Kier molecular flexibility index (Phi) is 7.78. The summed E-state index contributed by atoms with van der Waals surface area (Å²) in [6, 6.07) is 13.8. The number of hydrogen-bond donors (Lipinski definition) is 4. The molecule has 15 heteroatoms. The molecule has 0 aliphatic carbocycles. The average Bonchev–Trinajstić information content (AvgIpc) is 3.67. The molecular weight excluding hydrogens is 589 g/mol. The van der Waals surface area contributed by atoms with Crippen molar-refractivity contribution in [2.75, 3.05) is 37.4 Å². The number of phenols is 1. The zero-order chi connectivity index (χ0) is 31.7. The van der Waals surface area contributed by atoms with Crippen molar-refractivity contribution in [1.29, 1.82) is 0 Å². The molecule has 5 aromatic rings. The monoisotopic (exact) mass is 617 g/mol. The molecule has 1 aliphatic heterocycles. The number of benzene rings is 2. The number of carbonyl (C=O) groups excluding carboxylic acids is 2. The molecule has 2 atom stereocenters. The van der Waals surface area contributed by atoms with Crippen molar-refractivity contribution in [2.24, 2.45) is 0 Å². The number of aliphatic hydroxyl groups is 1. The Bertz CT molecular complexity index is 1890. The molecular formula is C30H28FN7O7. The Morgan fingerprint density at radius 3 is 2.87 bits per heavy atom. The maximum atomic E-state index is 14.6. The number of hydrogen-bond acceptors (Lipinski definition) is 11. The lowest BCUT2D eigenvalue weighted by atomic mass is 9.86. The molecule has 0 bridgehead atoms. The third-order valence-corrected chi connectivity index (χ3v) is 7.47. The van der Waals surface area contributed by atoms with Crippen molar-refractivity contribution >= 4 is 34.4 Å². The van der Waals surface area contributed by atoms with E-state index in [2.05, 4.69) is 20.6 Å². The molecule has 1 aliphatic rings. The molecule has 232 valence electrons. The van der Waals surface area contributed by atoms with Crippen LogP contribution in [0.25, 0.3) is 16.7 Å².